The average molecular weight is 329 g/mol. The number of likely N-dealkylation sites (tertiary alicyclic amines) is 1. The minimum Gasteiger partial charge on any atom is -0.326 e. The summed E-state index contributed by atoms with van der Waals surface area (Å²) in [5.74, 6) is -0.452. The summed E-state index contributed by atoms with van der Waals surface area (Å²) in [6.07, 6.45) is 3.58. The van der Waals surface area contributed by atoms with Gasteiger partial charge in [-0.15, -0.1) is 0 Å². The van der Waals surface area contributed by atoms with Crippen LogP contribution in [0.3, 0.4) is 0 Å². The van der Waals surface area contributed by atoms with Crippen molar-refractivity contribution in [3.63, 3.8) is 0 Å². The molecule has 1 aromatic carbocycles. The van der Waals surface area contributed by atoms with Gasteiger partial charge in [0.15, 0.2) is 0 Å². The van der Waals surface area contributed by atoms with Crippen LogP contribution in [0.15, 0.2) is 24.3 Å². The van der Waals surface area contributed by atoms with E-state index in [0.717, 1.165) is 19.4 Å². The van der Waals surface area contributed by atoms with Crippen molar-refractivity contribution in [1.82, 2.24) is 4.90 Å². The van der Waals surface area contributed by atoms with E-state index in [0.29, 0.717) is 17.4 Å². The smallest absolute Gasteiger partial charge is 0.251 e. The Morgan fingerprint density at radius 2 is 1.88 bits per heavy atom. The lowest BCUT2D eigenvalue weighted by atomic mass is 10.0. The number of imide groups is 1. The second-order valence-electron chi connectivity index (χ2n) is 6.60. The molecule has 24 heavy (non-hydrogen) atoms. The van der Waals surface area contributed by atoms with E-state index in [1.54, 1.807) is 24.3 Å². The van der Waals surface area contributed by atoms with Gasteiger partial charge in [0, 0.05) is 18.7 Å². The number of anilines is 2. The predicted molar refractivity (Wildman–Crippen MR) is 91.7 cm³/mol. The molecule has 3 rings (SSSR count). The van der Waals surface area contributed by atoms with Crippen LogP contribution in [0.5, 0.6) is 0 Å². The summed E-state index contributed by atoms with van der Waals surface area (Å²) in [4.78, 5) is 39.8. The molecule has 2 saturated heterocycles. The molecule has 2 atom stereocenters. The van der Waals surface area contributed by atoms with E-state index >= 15 is 0 Å². The van der Waals surface area contributed by atoms with E-state index in [4.69, 9.17) is 0 Å². The fourth-order valence-electron chi connectivity index (χ4n) is 3.63. The maximum absolute atomic E-state index is 12.8. The summed E-state index contributed by atoms with van der Waals surface area (Å²) < 4.78 is 0. The summed E-state index contributed by atoms with van der Waals surface area (Å²) in [6.45, 7) is 4.44. The highest BCUT2D eigenvalue weighted by molar-refractivity contribution is 6.22. The van der Waals surface area contributed by atoms with E-state index in [2.05, 4.69) is 17.1 Å². The lowest BCUT2D eigenvalue weighted by Gasteiger charge is -2.36. The Morgan fingerprint density at radius 3 is 2.50 bits per heavy atom. The van der Waals surface area contributed by atoms with E-state index in [1.807, 2.05) is 0 Å². The molecule has 128 valence electrons. The lowest BCUT2D eigenvalue weighted by Crippen LogP contribution is -2.48. The van der Waals surface area contributed by atoms with Crippen molar-refractivity contribution in [2.24, 2.45) is 0 Å². The van der Waals surface area contributed by atoms with Crippen molar-refractivity contribution >= 4 is 29.1 Å². The topological polar surface area (TPSA) is 69.7 Å². The van der Waals surface area contributed by atoms with Crippen molar-refractivity contribution in [2.45, 2.75) is 51.6 Å². The van der Waals surface area contributed by atoms with Crippen LogP contribution in [-0.4, -0.2) is 41.2 Å². The molecule has 0 saturated carbocycles. The number of nitrogens with one attached hydrogen (secondary N) is 1. The largest absolute Gasteiger partial charge is 0.326 e. The first-order chi connectivity index (χ1) is 11.5. The van der Waals surface area contributed by atoms with Gasteiger partial charge in [-0.3, -0.25) is 19.3 Å². The molecule has 6 heteroatoms. The molecule has 2 aliphatic heterocycles. The zero-order chi connectivity index (χ0) is 17.3. The highest BCUT2D eigenvalue weighted by Crippen LogP contribution is 2.30. The quantitative estimate of drug-likeness (QED) is 0.863. The van der Waals surface area contributed by atoms with Crippen LogP contribution < -0.4 is 10.2 Å². The molecule has 0 radical (unpaired) electrons. The minimum absolute atomic E-state index is 0.138. The van der Waals surface area contributed by atoms with Gasteiger partial charge in [0.1, 0.15) is 0 Å². The van der Waals surface area contributed by atoms with Crippen molar-refractivity contribution < 1.29 is 14.4 Å². The Kier molecular flexibility index (Phi) is 4.66. The molecule has 2 aliphatic rings. The molecule has 0 bridgehead atoms. The minimum atomic E-state index is -0.345. The number of amides is 3. The lowest BCUT2D eigenvalue weighted by molar-refractivity contribution is -0.123. The maximum Gasteiger partial charge on any atom is 0.251 e. The van der Waals surface area contributed by atoms with Crippen LogP contribution in [0.25, 0.3) is 0 Å². The van der Waals surface area contributed by atoms with Gasteiger partial charge in [-0.1, -0.05) is 6.42 Å². The summed E-state index contributed by atoms with van der Waals surface area (Å²) >= 11 is 0. The number of carbonyl (C=O) groups is 3. The van der Waals surface area contributed by atoms with Crippen LogP contribution >= 0.6 is 0 Å². The van der Waals surface area contributed by atoms with E-state index in [-0.39, 0.29) is 30.2 Å². The highest BCUT2D eigenvalue weighted by Gasteiger charge is 2.44. The predicted octanol–water partition coefficient (Wildman–Crippen LogP) is 2.15. The Morgan fingerprint density at radius 1 is 1.17 bits per heavy atom. The van der Waals surface area contributed by atoms with Crippen molar-refractivity contribution in [2.75, 3.05) is 16.8 Å². The monoisotopic (exact) mass is 329 g/mol. The average Bonchev–Trinajstić information content (AvgIpc) is 2.83. The Labute approximate surface area is 141 Å². The number of benzene rings is 1. The fourth-order valence-corrected chi connectivity index (χ4v) is 3.63. The van der Waals surface area contributed by atoms with Gasteiger partial charge in [-0.2, -0.15) is 0 Å². The number of hydrogen-bond acceptors (Lipinski definition) is 4. The third-order valence-electron chi connectivity index (χ3n) is 4.82. The maximum atomic E-state index is 12.8. The molecule has 0 aliphatic carbocycles. The van der Waals surface area contributed by atoms with Crippen LogP contribution in [-0.2, 0) is 14.4 Å². The zero-order valence-electron chi connectivity index (χ0n) is 14.1. The molecule has 0 unspecified atom stereocenters. The SMILES string of the molecule is CC(=O)Nc1ccc(N2C(=O)C[C@@H](N3CCCC[C@H]3C)C2=O)cc1. The molecular formula is C18H23N3O3. The highest BCUT2D eigenvalue weighted by atomic mass is 16.2. The molecule has 0 spiro atoms. The molecule has 2 heterocycles. The first-order valence-corrected chi connectivity index (χ1v) is 8.47. The van der Waals surface area contributed by atoms with Gasteiger partial charge in [0.2, 0.25) is 11.8 Å². The van der Waals surface area contributed by atoms with E-state index < -0.39 is 0 Å². The second kappa shape index (κ2) is 6.73. The summed E-state index contributed by atoms with van der Waals surface area (Å²) in [5, 5.41) is 2.68. The van der Waals surface area contributed by atoms with Gasteiger partial charge in [0.25, 0.3) is 5.91 Å². The Hall–Kier alpha value is -2.21. The van der Waals surface area contributed by atoms with Crippen LogP contribution in [0.4, 0.5) is 11.4 Å². The molecular weight excluding hydrogens is 306 g/mol. The Balaban J connectivity index is 1.77. The Bertz CT molecular complexity index is 656. The van der Waals surface area contributed by atoms with Crippen molar-refractivity contribution in [1.29, 1.82) is 0 Å². The molecule has 2 fully saturated rings. The van der Waals surface area contributed by atoms with Gasteiger partial charge >= 0.3 is 0 Å². The summed E-state index contributed by atoms with van der Waals surface area (Å²) in [6, 6.07) is 6.79. The molecule has 1 N–H and O–H groups in total. The van der Waals surface area contributed by atoms with Gasteiger partial charge < -0.3 is 5.32 Å². The summed E-state index contributed by atoms with van der Waals surface area (Å²) in [5.41, 5.74) is 1.21. The normalized spacial score (nSPS) is 25.2. The standard InChI is InChI=1S/C18H23N3O3/c1-12-5-3-4-10-20(12)16-11-17(23)21(18(16)24)15-8-6-14(7-9-15)19-13(2)22/h6-9,12,16H,3-5,10-11H2,1-2H3,(H,19,22)/t12-,16-/m1/s1. The molecule has 1 aromatic rings. The number of carbonyl (C=O) groups excluding carboxylic acids is 3. The molecule has 3 amide bonds. The second-order valence-corrected chi connectivity index (χ2v) is 6.60. The molecule has 0 aromatic heterocycles. The zero-order valence-corrected chi connectivity index (χ0v) is 14.1. The van der Waals surface area contributed by atoms with Crippen molar-refractivity contribution in [3.05, 3.63) is 24.3 Å². The number of rotatable bonds is 3. The molecule has 6 nitrogen and oxygen atoms in total. The van der Waals surface area contributed by atoms with E-state index in [9.17, 15) is 14.4 Å². The van der Waals surface area contributed by atoms with Gasteiger partial charge in [-0.25, -0.2) is 4.90 Å². The van der Waals surface area contributed by atoms with Gasteiger partial charge in [0.05, 0.1) is 18.2 Å². The van der Waals surface area contributed by atoms with Crippen molar-refractivity contribution in [3.8, 4) is 0 Å². The van der Waals surface area contributed by atoms with Crippen LogP contribution in [0.2, 0.25) is 0 Å². The van der Waals surface area contributed by atoms with Crippen LogP contribution in [0, 0.1) is 0 Å². The third-order valence-corrected chi connectivity index (χ3v) is 4.82. The number of piperidine rings is 1. The number of hydrogen-bond donors (Lipinski definition) is 1. The fraction of sp³-hybridized carbons (Fsp3) is 0.500. The third kappa shape index (κ3) is 3.19. The van der Waals surface area contributed by atoms with Crippen LogP contribution in [0.1, 0.15) is 39.5 Å². The number of nitrogens with zero attached hydrogens (tertiary/aromatic N) is 2. The van der Waals surface area contributed by atoms with E-state index in [1.165, 1.54) is 18.2 Å². The first-order valence-electron chi connectivity index (χ1n) is 8.47. The van der Waals surface area contributed by atoms with Gasteiger partial charge in [-0.05, 0) is 50.6 Å². The summed E-state index contributed by atoms with van der Waals surface area (Å²) in [7, 11) is 0. The first kappa shape index (κ1) is 16.6.